The van der Waals surface area contributed by atoms with E-state index in [1.165, 1.54) is 30.0 Å². The molecule has 25 heavy (non-hydrogen) atoms. The molecule has 3 aromatic rings. The number of hydrogen-bond acceptors (Lipinski definition) is 6. The average molecular weight is 364 g/mol. The van der Waals surface area contributed by atoms with Crippen molar-refractivity contribution in [2.45, 2.75) is 11.5 Å². The summed E-state index contributed by atoms with van der Waals surface area (Å²) in [6.07, 6.45) is -1.89. The van der Waals surface area contributed by atoms with Gasteiger partial charge in [-0.1, -0.05) is 17.8 Å². The fourth-order valence-electron chi connectivity index (χ4n) is 2.27. The molecule has 0 unspecified atom stereocenters. The largest absolute Gasteiger partial charge is 0.586 e. The molecular formula is C15H10F2N4O3S. The van der Waals surface area contributed by atoms with E-state index in [9.17, 15) is 13.6 Å². The summed E-state index contributed by atoms with van der Waals surface area (Å²) in [5, 5.41) is 11.2. The summed E-state index contributed by atoms with van der Waals surface area (Å²) in [5.74, 6) is -0.435. The number of nitrogens with zero attached hydrogens (tertiary/aromatic N) is 3. The number of halogens is 2. The lowest BCUT2D eigenvalue weighted by Gasteiger charge is -2.05. The molecule has 0 atom stereocenters. The maximum atomic E-state index is 13.0. The summed E-state index contributed by atoms with van der Waals surface area (Å²) in [6, 6.07) is 9.53. The lowest BCUT2D eigenvalue weighted by molar-refractivity contribution is -0.286. The maximum Gasteiger partial charge on any atom is 0.586 e. The van der Waals surface area contributed by atoms with Gasteiger partial charge in [-0.2, -0.15) is 0 Å². The molecule has 0 bridgehead atoms. The Bertz CT molecular complexity index is 963. The second kappa shape index (κ2) is 5.88. The van der Waals surface area contributed by atoms with Crippen LogP contribution >= 0.6 is 11.8 Å². The predicted molar refractivity (Wildman–Crippen MR) is 85.0 cm³/mol. The van der Waals surface area contributed by atoms with E-state index >= 15 is 0 Å². The summed E-state index contributed by atoms with van der Waals surface area (Å²) in [4.78, 5) is 12.1. The number of rotatable bonds is 4. The van der Waals surface area contributed by atoms with Gasteiger partial charge >= 0.3 is 6.29 Å². The number of hydrogen-bond donors (Lipinski definition) is 1. The lowest BCUT2D eigenvalue weighted by atomic mass is 10.3. The van der Waals surface area contributed by atoms with Gasteiger partial charge in [0.2, 0.25) is 5.91 Å². The zero-order chi connectivity index (χ0) is 17.4. The van der Waals surface area contributed by atoms with Crippen LogP contribution in [0.1, 0.15) is 0 Å². The van der Waals surface area contributed by atoms with Crippen LogP contribution < -0.4 is 14.8 Å². The van der Waals surface area contributed by atoms with E-state index in [-0.39, 0.29) is 23.2 Å². The SMILES string of the molecule is O=C(CSc1nnc2ccccn12)Nc1ccc2c(c1)OC(F)(F)O2. The van der Waals surface area contributed by atoms with Gasteiger partial charge in [0, 0.05) is 18.0 Å². The van der Waals surface area contributed by atoms with E-state index in [0.29, 0.717) is 16.5 Å². The van der Waals surface area contributed by atoms with Gasteiger partial charge in [0.15, 0.2) is 22.3 Å². The van der Waals surface area contributed by atoms with Gasteiger partial charge in [-0.3, -0.25) is 9.20 Å². The number of amides is 1. The van der Waals surface area contributed by atoms with Crippen molar-refractivity contribution in [2.75, 3.05) is 11.1 Å². The molecule has 0 saturated carbocycles. The molecule has 1 N–H and O–H groups in total. The minimum Gasteiger partial charge on any atom is -0.395 e. The Balaban J connectivity index is 1.40. The van der Waals surface area contributed by atoms with Crippen molar-refractivity contribution < 1.29 is 23.0 Å². The molecule has 1 aromatic carbocycles. The molecule has 0 radical (unpaired) electrons. The number of carbonyl (C=O) groups is 1. The molecule has 1 aliphatic heterocycles. The molecule has 0 saturated heterocycles. The van der Waals surface area contributed by atoms with Crippen LogP contribution in [0.4, 0.5) is 14.5 Å². The normalized spacial score (nSPS) is 14.6. The van der Waals surface area contributed by atoms with E-state index in [0.717, 1.165) is 0 Å². The average Bonchev–Trinajstić information content (AvgIpc) is 3.11. The van der Waals surface area contributed by atoms with Crippen molar-refractivity contribution in [3.63, 3.8) is 0 Å². The van der Waals surface area contributed by atoms with Crippen LogP contribution in [0.15, 0.2) is 47.8 Å². The first-order valence-electron chi connectivity index (χ1n) is 7.12. The molecule has 10 heteroatoms. The van der Waals surface area contributed by atoms with Crippen molar-refractivity contribution in [2.24, 2.45) is 0 Å². The van der Waals surface area contributed by atoms with E-state index in [2.05, 4.69) is 25.0 Å². The van der Waals surface area contributed by atoms with Gasteiger partial charge in [0.05, 0.1) is 5.75 Å². The third-order valence-electron chi connectivity index (χ3n) is 3.30. The van der Waals surface area contributed by atoms with Crippen LogP contribution in [0.3, 0.4) is 0 Å². The number of fused-ring (bicyclic) bond motifs is 2. The monoisotopic (exact) mass is 364 g/mol. The summed E-state index contributed by atoms with van der Waals surface area (Å²) >= 11 is 1.21. The number of ether oxygens (including phenoxy) is 2. The Hall–Kier alpha value is -2.88. The Morgan fingerprint density at radius 2 is 2.04 bits per heavy atom. The van der Waals surface area contributed by atoms with Crippen molar-refractivity contribution in [3.05, 3.63) is 42.6 Å². The number of alkyl halides is 2. The summed E-state index contributed by atoms with van der Waals surface area (Å²) in [6.45, 7) is 0. The molecule has 7 nitrogen and oxygen atoms in total. The molecule has 128 valence electrons. The van der Waals surface area contributed by atoms with E-state index < -0.39 is 6.29 Å². The standard InChI is InChI=1S/C15H10F2N4O3S/c16-15(17)23-10-5-4-9(7-11(10)24-15)18-13(22)8-25-14-20-19-12-3-1-2-6-21(12)14/h1-7H,8H2,(H,18,22). The highest BCUT2D eigenvalue weighted by Crippen LogP contribution is 2.42. The highest BCUT2D eigenvalue weighted by atomic mass is 32.2. The summed E-state index contributed by atoms with van der Waals surface area (Å²) < 4.78 is 36.4. The maximum absolute atomic E-state index is 13.0. The number of benzene rings is 1. The minimum atomic E-state index is -3.68. The van der Waals surface area contributed by atoms with Crippen LogP contribution in [0.5, 0.6) is 11.5 Å². The van der Waals surface area contributed by atoms with Crippen molar-refractivity contribution >= 4 is 29.0 Å². The smallest absolute Gasteiger partial charge is 0.395 e. The predicted octanol–water partition coefficient (Wildman–Crippen LogP) is 2.78. The Morgan fingerprint density at radius 1 is 1.20 bits per heavy atom. The van der Waals surface area contributed by atoms with Crippen LogP contribution in [0, 0.1) is 0 Å². The van der Waals surface area contributed by atoms with Gasteiger partial charge in [-0.15, -0.1) is 19.0 Å². The van der Waals surface area contributed by atoms with Crippen LogP contribution in [-0.4, -0.2) is 32.6 Å². The number of carbonyl (C=O) groups excluding carboxylic acids is 1. The van der Waals surface area contributed by atoms with E-state index in [4.69, 9.17) is 0 Å². The minimum absolute atomic E-state index is 0.0766. The van der Waals surface area contributed by atoms with E-state index in [1.807, 2.05) is 12.1 Å². The molecule has 4 rings (SSSR count). The summed E-state index contributed by atoms with van der Waals surface area (Å²) in [7, 11) is 0. The van der Waals surface area contributed by atoms with Crippen LogP contribution in [-0.2, 0) is 4.79 Å². The summed E-state index contributed by atoms with van der Waals surface area (Å²) in [5.41, 5.74) is 1.01. The fraction of sp³-hybridized carbons (Fsp3) is 0.133. The fourth-order valence-corrected chi connectivity index (χ4v) is 3.00. The number of anilines is 1. The van der Waals surface area contributed by atoms with Crippen molar-refractivity contribution in [3.8, 4) is 11.5 Å². The third-order valence-corrected chi connectivity index (χ3v) is 4.24. The van der Waals surface area contributed by atoms with Crippen LogP contribution in [0.25, 0.3) is 5.65 Å². The second-order valence-electron chi connectivity index (χ2n) is 5.08. The van der Waals surface area contributed by atoms with Crippen molar-refractivity contribution in [1.82, 2.24) is 14.6 Å². The highest BCUT2D eigenvalue weighted by Gasteiger charge is 2.43. The third kappa shape index (κ3) is 3.20. The first-order valence-corrected chi connectivity index (χ1v) is 8.11. The zero-order valence-corrected chi connectivity index (χ0v) is 13.3. The highest BCUT2D eigenvalue weighted by molar-refractivity contribution is 7.99. The quantitative estimate of drug-likeness (QED) is 0.718. The van der Waals surface area contributed by atoms with E-state index in [1.54, 1.807) is 16.7 Å². The Kier molecular flexibility index (Phi) is 3.68. The molecule has 0 fully saturated rings. The van der Waals surface area contributed by atoms with Gasteiger partial charge in [0.1, 0.15) is 0 Å². The molecule has 2 aromatic heterocycles. The topological polar surface area (TPSA) is 77.8 Å². The number of pyridine rings is 1. The molecular weight excluding hydrogens is 354 g/mol. The van der Waals surface area contributed by atoms with Gasteiger partial charge in [-0.25, -0.2) is 0 Å². The van der Waals surface area contributed by atoms with Crippen LogP contribution in [0.2, 0.25) is 0 Å². The number of aromatic nitrogens is 3. The molecule has 1 aliphatic rings. The molecule has 1 amide bonds. The Morgan fingerprint density at radius 3 is 2.92 bits per heavy atom. The van der Waals surface area contributed by atoms with Crippen molar-refractivity contribution in [1.29, 1.82) is 0 Å². The lowest BCUT2D eigenvalue weighted by Crippen LogP contribution is -2.25. The zero-order valence-electron chi connectivity index (χ0n) is 12.5. The second-order valence-corrected chi connectivity index (χ2v) is 6.02. The molecule has 0 aliphatic carbocycles. The number of nitrogens with one attached hydrogen (secondary N) is 1. The number of thioether (sulfide) groups is 1. The first kappa shape index (κ1) is 15.6. The van der Waals surface area contributed by atoms with Gasteiger partial charge < -0.3 is 14.8 Å². The molecule has 0 spiro atoms. The first-order chi connectivity index (χ1) is 12.0. The van der Waals surface area contributed by atoms with Gasteiger partial charge in [-0.05, 0) is 24.3 Å². The van der Waals surface area contributed by atoms with Gasteiger partial charge in [0.25, 0.3) is 0 Å². The Labute approximate surface area is 143 Å². The molecule has 3 heterocycles.